The number of hydrogen-bond acceptors (Lipinski definition) is 8. The molecule has 3 aromatic rings. The molecule has 2 N–H and O–H groups in total. The van der Waals surface area contributed by atoms with Crippen molar-refractivity contribution in [2.24, 2.45) is 0 Å². The van der Waals surface area contributed by atoms with Crippen LogP contribution in [0, 0.1) is 13.8 Å². The summed E-state index contributed by atoms with van der Waals surface area (Å²) in [5, 5.41) is 10.3. The predicted molar refractivity (Wildman–Crippen MR) is 91.2 cm³/mol. The number of anilines is 3. The van der Waals surface area contributed by atoms with Gasteiger partial charge in [-0.25, -0.2) is 9.97 Å². The fraction of sp³-hybridized carbons (Fsp3) is 0.235. The third-order valence-corrected chi connectivity index (χ3v) is 3.63. The van der Waals surface area contributed by atoms with Crippen molar-refractivity contribution in [3.8, 4) is 11.5 Å². The second kappa shape index (κ2) is 6.31. The lowest BCUT2D eigenvalue weighted by Gasteiger charge is -2.09. The summed E-state index contributed by atoms with van der Waals surface area (Å²) in [5.41, 5.74) is 1.07. The van der Waals surface area contributed by atoms with Gasteiger partial charge in [-0.15, -0.1) is 0 Å². The molecule has 0 fully saturated rings. The van der Waals surface area contributed by atoms with Crippen LogP contribution in [0.25, 0.3) is 0 Å². The first-order chi connectivity index (χ1) is 12.2. The van der Waals surface area contributed by atoms with Crippen molar-refractivity contribution < 1.29 is 14.0 Å². The van der Waals surface area contributed by atoms with Gasteiger partial charge in [0.15, 0.2) is 17.3 Å². The van der Waals surface area contributed by atoms with Crippen LogP contribution in [0.4, 0.5) is 17.5 Å². The van der Waals surface area contributed by atoms with E-state index in [4.69, 9.17) is 14.0 Å². The topological polar surface area (TPSA) is 94.3 Å². The van der Waals surface area contributed by atoms with Gasteiger partial charge in [0.25, 0.3) is 0 Å². The van der Waals surface area contributed by atoms with Gasteiger partial charge in [0.1, 0.15) is 23.2 Å². The largest absolute Gasteiger partial charge is 0.454 e. The van der Waals surface area contributed by atoms with Gasteiger partial charge in [-0.1, -0.05) is 11.2 Å². The average Bonchev–Trinajstić information content (AvgIpc) is 3.20. The molecule has 3 heterocycles. The van der Waals surface area contributed by atoms with Crippen LogP contribution in [-0.2, 0) is 6.54 Å². The van der Waals surface area contributed by atoms with E-state index in [1.165, 1.54) is 0 Å². The maximum absolute atomic E-state index is 5.40. The average molecular weight is 339 g/mol. The van der Waals surface area contributed by atoms with Crippen LogP contribution in [0.15, 0.2) is 34.9 Å². The monoisotopic (exact) mass is 339 g/mol. The van der Waals surface area contributed by atoms with Gasteiger partial charge in [0.05, 0.1) is 0 Å². The highest BCUT2D eigenvalue weighted by Crippen LogP contribution is 2.32. The van der Waals surface area contributed by atoms with Gasteiger partial charge in [0.2, 0.25) is 6.79 Å². The van der Waals surface area contributed by atoms with Gasteiger partial charge >= 0.3 is 0 Å². The fourth-order valence-corrected chi connectivity index (χ4v) is 2.52. The van der Waals surface area contributed by atoms with Crippen LogP contribution in [0.1, 0.15) is 17.1 Å². The SMILES string of the molecule is Cc1nc(NCc2ccc3c(c2)OCO3)cc(Nc2cc(C)on2)n1. The van der Waals surface area contributed by atoms with Gasteiger partial charge in [0, 0.05) is 18.7 Å². The summed E-state index contributed by atoms with van der Waals surface area (Å²) in [7, 11) is 0. The number of aromatic nitrogens is 3. The minimum Gasteiger partial charge on any atom is -0.454 e. The Morgan fingerprint density at radius 3 is 2.64 bits per heavy atom. The Hall–Kier alpha value is -3.29. The normalized spacial score (nSPS) is 12.2. The quantitative estimate of drug-likeness (QED) is 0.732. The van der Waals surface area contributed by atoms with Gasteiger partial charge in [-0.3, -0.25) is 0 Å². The Bertz CT molecular complexity index is 909. The minimum absolute atomic E-state index is 0.272. The molecule has 1 aliphatic rings. The predicted octanol–water partition coefficient (Wildman–Crippen LogP) is 3.17. The van der Waals surface area contributed by atoms with Crippen LogP contribution in [0.2, 0.25) is 0 Å². The molecule has 0 amide bonds. The van der Waals surface area contributed by atoms with E-state index in [0.29, 0.717) is 29.8 Å². The first-order valence-electron chi connectivity index (χ1n) is 7.84. The van der Waals surface area contributed by atoms with Gasteiger partial charge in [-0.2, -0.15) is 0 Å². The van der Waals surface area contributed by atoms with E-state index >= 15 is 0 Å². The number of fused-ring (bicyclic) bond motifs is 1. The number of nitrogens with zero attached hydrogens (tertiary/aromatic N) is 3. The molecule has 8 heteroatoms. The van der Waals surface area contributed by atoms with Crippen molar-refractivity contribution in [3.63, 3.8) is 0 Å². The molecule has 128 valence electrons. The molecule has 0 radical (unpaired) electrons. The molecule has 0 saturated heterocycles. The highest BCUT2D eigenvalue weighted by Gasteiger charge is 2.13. The van der Waals surface area contributed by atoms with Crippen LogP contribution in [0.3, 0.4) is 0 Å². The fourth-order valence-electron chi connectivity index (χ4n) is 2.52. The summed E-state index contributed by atoms with van der Waals surface area (Å²) in [6, 6.07) is 9.48. The van der Waals surface area contributed by atoms with Gasteiger partial charge < -0.3 is 24.6 Å². The standard InChI is InChI=1S/C17H17N5O3/c1-10-5-17(22-25-10)21-16-7-15(19-11(2)20-16)18-8-12-3-4-13-14(6-12)24-9-23-13/h3-7H,8-9H2,1-2H3,(H2,18,19,20,21,22). The zero-order chi connectivity index (χ0) is 17.2. The maximum atomic E-state index is 5.40. The van der Waals surface area contributed by atoms with E-state index in [-0.39, 0.29) is 6.79 Å². The zero-order valence-corrected chi connectivity index (χ0v) is 13.9. The molecule has 1 aliphatic heterocycles. The molecular formula is C17H17N5O3. The summed E-state index contributed by atoms with van der Waals surface area (Å²) in [6.45, 7) is 4.55. The highest BCUT2D eigenvalue weighted by atomic mass is 16.7. The lowest BCUT2D eigenvalue weighted by atomic mass is 10.2. The Morgan fingerprint density at radius 1 is 0.960 bits per heavy atom. The molecule has 25 heavy (non-hydrogen) atoms. The van der Waals surface area contributed by atoms with Crippen molar-refractivity contribution >= 4 is 17.5 Å². The highest BCUT2D eigenvalue weighted by molar-refractivity contribution is 5.56. The van der Waals surface area contributed by atoms with Crippen molar-refractivity contribution in [1.82, 2.24) is 15.1 Å². The maximum Gasteiger partial charge on any atom is 0.231 e. The van der Waals surface area contributed by atoms with Gasteiger partial charge in [-0.05, 0) is 31.5 Å². The van der Waals surface area contributed by atoms with E-state index < -0.39 is 0 Å². The van der Waals surface area contributed by atoms with Crippen molar-refractivity contribution in [2.75, 3.05) is 17.4 Å². The smallest absolute Gasteiger partial charge is 0.231 e. The molecule has 0 atom stereocenters. The molecule has 0 spiro atoms. The van der Waals surface area contributed by atoms with Crippen LogP contribution in [-0.4, -0.2) is 21.9 Å². The Labute approximate surface area is 144 Å². The van der Waals surface area contributed by atoms with Crippen molar-refractivity contribution in [2.45, 2.75) is 20.4 Å². The summed E-state index contributed by atoms with van der Waals surface area (Å²) < 4.78 is 15.8. The summed E-state index contributed by atoms with van der Waals surface area (Å²) in [5.74, 6) is 4.89. The molecule has 1 aromatic carbocycles. The van der Waals surface area contributed by atoms with Crippen LogP contribution >= 0.6 is 0 Å². The Kier molecular flexibility index (Phi) is 3.85. The van der Waals surface area contributed by atoms with Crippen LogP contribution in [0.5, 0.6) is 11.5 Å². The molecule has 0 aliphatic carbocycles. The zero-order valence-electron chi connectivity index (χ0n) is 13.9. The van der Waals surface area contributed by atoms with Crippen molar-refractivity contribution in [3.05, 3.63) is 47.5 Å². The molecule has 4 rings (SSSR count). The third-order valence-electron chi connectivity index (χ3n) is 3.63. The van der Waals surface area contributed by atoms with Crippen molar-refractivity contribution in [1.29, 1.82) is 0 Å². The van der Waals surface area contributed by atoms with Crippen LogP contribution < -0.4 is 20.1 Å². The second-order valence-corrected chi connectivity index (χ2v) is 5.67. The third kappa shape index (κ3) is 3.47. The second-order valence-electron chi connectivity index (χ2n) is 5.67. The number of hydrogen-bond donors (Lipinski definition) is 2. The number of aryl methyl sites for hydroxylation is 2. The molecule has 0 saturated carbocycles. The molecule has 0 unspecified atom stereocenters. The first kappa shape index (κ1) is 15.3. The van der Waals surface area contributed by atoms with E-state index in [1.54, 1.807) is 6.07 Å². The molecular weight excluding hydrogens is 322 g/mol. The van der Waals surface area contributed by atoms with E-state index in [1.807, 2.05) is 38.1 Å². The molecule has 2 aromatic heterocycles. The summed E-state index contributed by atoms with van der Waals surface area (Å²) in [4.78, 5) is 8.77. The lowest BCUT2D eigenvalue weighted by molar-refractivity contribution is 0.174. The van der Waals surface area contributed by atoms with E-state index in [9.17, 15) is 0 Å². The summed E-state index contributed by atoms with van der Waals surface area (Å²) >= 11 is 0. The molecule has 8 nitrogen and oxygen atoms in total. The first-order valence-corrected chi connectivity index (χ1v) is 7.84. The number of benzene rings is 1. The number of nitrogens with one attached hydrogen (secondary N) is 2. The Morgan fingerprint density at radius 2 is 1.80 bits per heavy atom. The van der Waals surface area contributed by atoms with E-state index in [2.05, 4.69) is 25.8 Å². The Balaban J connectivity index is 1.46. The number of ether oxygens (including phenoxy) is 2. The minimum atomic E-state index is 0.272. The summed E-state index contributed by atoms with van der Waals surface area (Å²) in [6.07, 6.45) is 0. The van der Waals surface area contributed by atoms with E-state index in [0.717, 1.165) is 22.8 Å². The lowest BCUT2D eigenvalue weighted by Crippen LogP contribution is -2.05. The number of rotatable bonds is 5. The molecule has 0 bridgehead atoms.